The number of rotatable bonds is 9. The molecule has 0 aliphatic carbocycles. The van der Waals surface area contributed by atoms with Crippen molar-refractivity contribution in [3.05, 3.63) is 53.9 Å². The van der Waals surface area contributed by atoms with Gasteiger partial charge in [0.05, 0.1) is 25.2 Å². The van der Waals surface area contributed by atoms with E-state index in [0.717, 1.165) is 0 Å². The van der Waals surface area contributed by atoms with E-state index >= 15 is 0 Å². The van der Waals surface area contributed by atoms with Gasteiger partial charge in [-0.25, -0.2) is 14.6 Å². The van der Waals surface area contributed by atoms with Crippen LogP contribution in [0.15, 0.2) is 42.6 Å². The number of esters is 4. The Morgan fingerprint density at radius 3 is 2.49 bits per heavy atom. The number of carbonyl (C=O) groups excluding carboxylic acids is 5. The largest absolute Gasteiger partial charge is 0.503 e. The minimum Gasteiger partial charge on any atom is -0.503 e. The predicted octanol–water partition coefficient (Wildman–Crippen LogP) is 1.81. The van der Waals surface area contributed by atoms with Crippen LogP contribution < -0.4 is 10.1 Å². The van der Waals surface area contributed by atoms with Gasteiger partial charge in [0.25, 0.3) is 5.91 Å². The number of aromatic hydroxyl groups is 1. The van der Waals surface area contributed by atoms with Crippen LogP contribution >= 0.6 is 0 Å². The highest BCUT2D eigenvalue weighted by atomic mass is 16.6. The quantitative estimate of drug-likeness (QED) is 0.330. The molecule has 4 atom stereocenters. The van der Waals surface area contributed by atoms with Crippen molar-refractivity contribution in [3.8, 4) is 11.5 Å². The molecule has 41 heavy (non-hydrogen) atoms. The normalized spacial score (nSPS) is 20.9. The molecule has 2 heterocycles. The minimum absolute atomic E-state index is 0.0205. The van der Waals surface area contributed by atoms with Crippen LogP contribution in [0, 0.1) is 11.8 Å². The van der Waals surface area contributed by atoms with E-state index in [0.29, 0.717) is 5.56 Å². The first-order valence-corrected chi connectivity index (χ1v) is 12.9. The predicted molar refractivity (Wildman–Crippen MR) is 140 cm³/mol. The average molecular weight is 573 g/mol. The van der Waals surface area contributed by atoms with Gasteiger partial charge in [0.15, 0.2) is 29.3 Å². The zero-order chi connectivity index (χ0) is 30.1. The number of pyridine rings is 1. The molecular weight excluding hydrogens is 540 g/mol. The molecule has 1 aromatic heterocycles. The van der Waals surface area contributed by atoms with Crippen molar-refractivity contribution in [1.82, 2.24) is 10.3 Å². The summed E-state index contributed by atoms with van der Waals surface area (Å²) in [5, 5.41) is 12.6. The van der Waals surface area contributed by atoms with E-state index in [4.69, 9.17) is 23.7 Å². The van der Waals surface area contributed by atoms with Crippen LogP contribution in [0.1, 0.15) is 48.0 Å². The number of cyclic esters (lactones) is 2. The van der Waals surface area contributed by atoms with E-state index in [9.17, 15) is 29.1 Å². The van der Waals surface area contributed by atoms with Crippen molar-refractivity contribution in [2.24, 2.45) is 11.8 Å². The Morgan fingerprint density at radius 1 is 1.12 bits per heavy atom. The third kappa shape index (κ3) is 7.93. The van der Waals surface area contributed by atoms with Gasteiger partial charge in [0.2, 0.25) is 0 Å². The third-order valence-corrected chi connectivity index (χ3v) is 6.16. The van der Waals surface area contributed by atoms with Gasteiger partial charge in [-0.15, -0.1) is 0 Å². The smallest absolute Gasteiger partial charge is 0.338 e. The summed E-state index contributed by atoms with van der Waals surface area (Å²) in [5.74, 6) is -6.39. The molecule has 1 fully saturated rings. The van der Waals surface area contributed by atoms with Gasteiger partial charge >= 0.3 is 23.9 Å². The van der Waals surface area contributed by atoms with Crippen molar-refractivity contribution < 1.29 is 52.8 Å². The first kappa shape index (κ1) is 30.9. The second-order valence-electron chi connectivity index (χ2n) is 9.46. The SMILES string of the molecule is COc1ccnc(C(=O)NC2COC(=O)C(CCOC(=O)c3ccccc3)C(OC(=O)C(C)C)C(C)OC2=O)c1O. The molecule has 0 bridgehead atoms. The molecule has 220 valence electrons. The molecule has 1 aliphatic rings. The molecule has 1 amide bonds. The summed E-state index contributed by atoms with van der Waals surface area (Å²) in [7, 11) is 1.29. The molecule has 13 nitrogen and oxygen atoms in total. The molecule has 2 aromatic rings. The molecule has 1 saturated heterocycles. The van der Waals surface area contributed by atoms with Crippen molar-refractivity contribution >= 4 is 29.8 Å². The van der Waals surface area contributed by atoms with Crippen LogP contribution in [-0.2, 0) is 33.3 Å². The van der Waals surface area contributed by atoms with Gasteiger partial charge in [-0.3, -0.25) is 14.4 Å². The maximum atomic E-state index is 13.2. The van der Waals surface area contributed by atoms with Crippen LogP contribution in [0.5, 0.6) is 11.5 Å². The number of methoxy groups -OCH3 is 1. The number of benzene rings is 1. The molecule has 0 radical (unpaired) electrons. The summed E-state index contributed by atoms with van der Waals surface area (Å²) < 4.78 is 26.6. The molecular formula is C28H32N2O11. The van der Waals surface area contributed by atoms with E-state index in [2.05, 4.69) is 10.3 Å². The van der Waals surface area contributed by atoms with E-state index in [-0.39, 0.29) is 18.8 Å². The van der Waals surface area contributed by atoms with Gasteiger partial charge in [-0.05, 0) is 25.5 Å². The van der Waals surface area contributed by atoms with Gasteiger partial charge in [0, 0.05) is 12.3 Å². The monoisotopic (exact) mass is 572 g/mol. The second-order valence-corrected chi connectivity index (χ2v) is 9.46. The Kier molecular flexibility index (Phi) is 10.6. The lowest BCUT2D eigenvalue weighted by Crippen LogP contribution is -2.46. The molecule has 0 spiro atoms. The standard InChI is InChI=1S/C28H32N2O11/c1-15(2)25(33)41-23-16(3)40-28(36)19(30-24(32)21-22(31)20(37-4)10-12-29-21)14-39-27(35)18(23)11-13-38-26(34)17-8-6-5-7-9-17/h5-10,12,15-16,18-19,23,31H,11,13-14H2,1-4H3,(H,30,32). The van der Waals surface area contributed by atoms with E-state index in [1.165, 1.54) is 26.3 Å². The lowest BCUT2D eigenvalue weighted by molar-refractivity contribution is -0.177. The number of hydrogen-bond acceptors (Lipinski definition) is 12. The minimum atomic E-state index is -1.49. The van der Waals surface area contributed by atoms with Crippen molar-refractivity contribution in [1.29, 1.82) is 0 Å². The zero-order valence-corrected chi connectivity index (χ0v) is 23.0. The first-order chi connectivity index (χ1) is 19.5. The highest BCUT2D eigenvalue weighted by Crippen LogP contribution is 2.28. The zero-order valence-electron chi connectivity index (χ0n) is 23.0. The maximum Gasteiger partial charge on any atom is 0.338 e. The molecule has 2 N–H and O–H groups in total. The van der Waals surface area contributed by atoms with Gasteiger partial charge in [0.1, 0.15) is 18.6 Å². The third-order valence-electron chi connectivity index (χ3n) is 6.16. The second kappa shape index (κ2) is 14.1. The van der Waals surface area contributed by atoms with E-state index < -0.39 is 77.9 Å². The molecule has 0 saturated carbocycles. The van der Waals surface area contributed by atoms with Crippen LogP contribution in [0.3, 0.4) is 0 Å². The fourth-order valence-corrected chi connectivity index (χ4v) is 3.90. The number of aromatic nitrogens is 1. The van der Waals surface area contributed by atoms with Crippen LogP contribution in [0.4, 0.5) is 0 Å². The summed E-state index contributed by atoms with van der Waals surface area (Å²) in [4.78, 5) is 67.7. The van der Waals surface area contributed by atoms with Crippen LogP contribution in [-0.4, -0.2) is 78.4 Å². The van der Waals surface area contributed by atoms with Gasteiger partial charge in [-0.1, -0.05) is 32.0 Å². The average Bonchev–Trinajstić information content (AvgIpc) is 2.99. The van der Waals surface area contributed by atoms with E-state index in [1.807, 2.05) is 0 Å². The molecule has 3 rings (SSSR count). The maximum absolute atomic E-state index is 13.2. The number of amides is 1. The Balaban J connectivity index is 1.79. The Morgan fingerprint density at radius 2 is 1.83 bits per heavy atom. The van der Waals surface area contributed by atoms with Crippen LogP contribution in [0.25, 0.3) is 0 Å². The lowest BCUT2D eigenvalue weighted by Gasteiger charge is -2.29. The fraction of sp³-hybridized carbons (Fsp3) is 0.429. The topological polar surface area (TPSA) is 177 Å². The Hall–Kier alpha value is -4.68. The summed E-state index contributed by atoms with van der Waals surface area (Å²) in [5.41, 5.74) is -0.122. The summed E-state index contributed by atoms with van der Waals surface area (Å²) in [6.45, 7) is 3.75. The number of nitrogens with one attached hydrogen (secondary N) is 1. The molecule has 1 aromatic carbocycles. The van der Waals surface area contributed by atoms with Crippen molar-refractivity contribution in [2.45, 2.75) is 45.4 Å². The van der Waals surface area contributed by atoms with Gasteiger partial charge in [-0.2, -0.15) is 0 Å². The number of nitrogens with zero attached hydrogens (tertiary/aromatic N) is 1. The molecule has 1 aliphatic heterocycles. The number of carbonyl (C=O) groups is 5. The number of ether oxygens (including phenoxy) is 5. The molecule has 13 heteroatoms. The number of hydrogen-bond donors (Lipinski definition) is 2. The van der Waals surface area contributed by atoms with Crippen molar-refractivity contribution in [2.75, 3.05) is 20.3 Å². The lowest BCUT2D eigenvalue weighted by atomic mass is 9.94. The van der Waals surface area contributed by atoms with Crippen molar-refractivity contribution in [3.63, 3.8) is 0 Å². The Bertz CT molecular complexity index is 1260. The summed E-state index contributed by atoms with van der Waals surface area (Å²) in [6, 6.07) is 8.07. The van der Waals surface area contributed by atoms with Gasteiger partial charge < -0.3 is 34.1 Å². The first-order valence-electron chi connectivity index (χ1n) is 12.9. The van der Waals surface area contributed by atoms with E-state index in [1.54, 1.807) is 44.2 Å². The fourth-order valence-electron chi connectivity index (χ4n) is 3.90. The Labute approximate surface area is 236 Å². The molecule has 4 unspecified atom stereocenters. The summed E-state index contributed by atoms with van der Waals surface area (Å²) >= 11 is 0. The highest BCUT2D eigenvalue weighted by Gasteiger charge is 2.42. The highest BCUT2D eigenvalue weighted by molar-refractivity contribution is 5.98. The van der Waals surface area contributed by atoms with Crippen LogP contribution in [0.2, 0.25) is 0 Å². The summed E-state index contributed by atoms with van der Waals surface area (Å²) in [6.07, 6.45) is -1.34.